The van der Waals surface area contributed by atoms with Crippen LogP contribution in [0, 0.1) is 6.92 Å². The summed E-state index contributed by atoms with van der Waals surface area (Å²) in [5.41, 5.74) is 3.98. The lowest BCUT2D eigenvalue weighted by Gasteiger charge is -2.21. The molecule has 0 aliphatic rings. The fourth-order valence-corrected chi connectivity index (χ4v) is 3.04. The summed E-state index contributed by atoms with van der Waals surface area (Å²) in [6.07, 6.45) is 0. The summed E-state index contributed by atoms with van der Waals surface area (Å²) in [6, 6.07) is 11.3. The average molecular weight is 355 g/mol. The first kappa shape index (κ1) is 19.8. The quantitative estimate of drug-likeness (QED) is 0.759. The summed E-state index contributed by atoms with van der Waals surface area (Å²) in [6.45, 7) is 10.9. The summed E-state index contributed by atoms with van der Waals surface area (Å²) >= 11 is 0. The molecule has 1 amide bonds. The van der Waals surface area contributed by atoms with Crippen LogP contribution in [0.25, 0.3) is 0 Å². The van der Waals surface area contributed by atoms with E-state index in [1.807, 2.05) is 39.0 Å². The Labute approximate surface area is 156 Å². The summed E-state index contributed by atoms with van der Waals surface area (Å²) < 4.78 is 10.9. The van der Waals surface area contributed by atoms with Crippen LogP contribution in [-0.2, 0) is 0 Å². The largest absolute Gasteiger partial charge is 0.496 e. The molecule has 0 saturated carbocycles. The molecule has 26 heavy (non-hydrogen) atoms. The van der Waals surface area contributed by atoms with Gasteiger partial charge in [0.25, 0.3) is 5.91 Å². The van der Waals surface area contributed by atoms with Gasteiger partial charge in [0.1, 0.15) is 11.5 Å². The molecule has 1 atom stereocenters. The van der Waals surface area contributed by atoms with E-state index in [1.54, 1.807) is 19.2 Å². The van der Waals surface area contributed by atoms with Crippen molar-refractivity contribution in [2.75, 3.05) is 13.7 Å². The predicted octanol–water partition coefficient (Wildman–Crippen LogP) is 5.02. The maximum absolute atomic E-state index is 12.6. The highest BCUT2D eigenvalue weighted by molar-refractivity contribution is 5.94. The number of hydrogen-bond donors (Lipinski definition) is 1. The van der Waals surface area contributed by atoms with Crippen LogP contribution in [0.4, 0.5) is 0 Å². The van der Waals surface area contributed by atoms with E-state index in [-0.39, 0.29) is 11.9 Å². The van der Waals surface area contributed by atoms with Gasteiger partial charge in [0.2, 0.25) is 0 Å². The first-order chi connectivity index (χ1) is 12.4. The third-order valence-electron chi connectivity index (χ3n) is 4.48. The van der Waals surface area contributed by atoms with Crippen LogP contribution >= 0.6 is 0 Å². The molecule has 2 aromatic rings. The van der Waals surface area contributed by atoms with Crippen molar-refractivity contribution in [1.29, 1.82) is 0 Å². The van der Waals surface area contributed by atoms with Gasteiger partial charge in [0.15, 0.2) is 0 Å². The molecule has 1 N–H and O–H groups in total. The summed E-state index contributed by atoms with van der Waals surface area (Å²) in [5.74, 6) is 1.91. The van der Waals surface area contributed by atoms with E-state index in [1.165, 1.54) is 0 Å². The Morgan fingerprint density at radius 1 is 1.08 bits per heavy atom. The van der Waals surface area contributed by atoms with Crippen molar-refractivity contribution >= 4 is 5.91 Å². The maximum Gasteiger partial charge on any atom is 0.251 e. The molecule has 2 rings (SSSR count). The van der Waals surface area contributed by atoms with E-state index in [4.69, 9.17) is 9.47 Å². The van der Waals surface area contributed by atoms with Gasteiger partial charge >= 0.3 is 0 Å². The molecule has 0 heterocycles. The maximum atomic E-state index is 12.6. The number of carbonyl (C=O) groups excluding carboxylic acids is 1. The third-order valence-corrected chi connectivity index (χ3v) is 4.48. The first-order valence-corrected chi connectivity index (χ1v) is 9.09. The zero-order valence-electron chi connectivity index (χ0n) is 16.6. The highest BCUT2D eigenvalue weighted by Crippen LogP contribution is 2.32. The smallest absolute Gasteiger partial charge is 0.251 e. The average Bonchev–Trinajstić information content (AvgIpc) is 2.61. The van der Waals surface area contributed by atoms with Gasteiger partial charge in [-0.25, -0.2) is 0 Å². The topological polar surface area (TPSA) is 47.6 Å². The summed E-state index contributed by atoms with van der Waals surface area (Å²) in [4.78, 5) is 12.6. The Balaban J connectivity index is 2.19. The van der Waals surface area contributed by atoms with Crippen LogP contribution in [0.15, 0.2) is 36.4 Å². The van der Waals surface area contributed by atoms with Crippen molar-refractivity contribution in [1.82, 2.24) is 5.32 Å². The number of ether oxygens (including phenoxy) is 2. The second-order valence-corrected chi connectivity index (χ2v) is 6.76. The van der Waals surface area contributed by atoms with Gasteiger partial charge in [-0.3, -0.25) is 4.79 Å². The highest BCUT2D eigenvalue weighted by atomic mass is 16.5. The van der Waals surface area contributed by atoms with Crippen molar-refractivity contribution < 1.29 is 14.3 Å². The van der Waals surface area contributed by atoms with Crippen molar-refractivity contribution in [3.8, 4) is 11.5 Å². The van der Waals surface area contributed by atoms with Gasteiger partial charge in [0, 0.05) is 5.56 Å². The van der Waals surface area contributed by atoms with Gasteiger partial charge in [-0.1, -0.05) is 13.8 Å². The molecule has 0 fully saturated rings. The zero-order valence-corrected chi connectivity index (χ0v) is 16.6. The van der Waals surface area contributed by atoms with Crippen LogP contribution in [-0.4, -0.2) is 19.6 Å². The predicted molar refractivity (Wildman–Crippen MR) is 105 cm³/mol. The Morgan fingerprint density at radius 2 is 1.73 bits per heavy atom. The highest BCUT2D eigenvalue weighted by Gasteiger charge is 2.17. The molecule has 0 bridgehead atoms. The number of benzene rings is 2. The van der Waals surface area contributed by atoms with Gasteiger partial charge < -0.3 is 14.8 Å². The Morgan fingerprint density at radius 3 is 2.27 bits per heavy atom. The van der Waals surface area contributed by atoms with Crippen LogP contribution in [0.3, 0.4) is 0 Å². The minimum absolute atomic E-state index is 0.0955. The number of aryl methyl sites for hydroxylation is 1. The Kier molecular flexibility index (Phi) is 6.67. The van der Waals surface area contributed by atoms with E-state index in [0.717, 1.165) is 28.2 Å². The van der Waals surface area contributed by atoms with Gasteiger partial charge in [-0.05, 0) is 79.8 Å². The van der Waals surface area contributed by atoms with Gasteiger partial charge in [-0.2, -0.15) is 0 Å². The molecule has 4 heteroatoms. The lowest BCUT2D eigenvalue weighted by atomic mass is 9.93. The fraction of sp³-hybridized carbons (Fsp3) is 0.409. The molecule has 0 spiro atoms. The number of nitrogens with one attached hydrogen (secondary N) is 1. The van der Waals surface area contributed by atoms with E-state index in [2.05, 4.69) is 25.2 Å². The minimum atomic E-state index is -0.0996. The normalized spacial score (nSPS) is 12.0. The van der Waals surface area contributed by atoms with Gasteiger partial charge in [0.05, 0.1) is 19.8 Å². The molecule has 4 nitrogen and oxygen atoms in total. The fourth-order valence-electron chi connectivity index (χ4n) is 3.04. The monoisotopic (exact) mass is 355 g/mol. The molecule has 0 aromatic heterocycles. The van der Waals surface area contributed by atoms with E-state index < -0.39 is 0 Å². The van der Waals surface area contributed by atoms with Crippen LogP contribution < -0.4 is 14.8 Å². The summed E-state index contributed by atoms with van der Waals surface area (Å²) in [5, 5.41) is 3.09. The number of methoxy groups -OCH3 is 1. The Bertz CT molecular complexity index is 751. The number of hydrogen-bond acceptors (Lipinski definition) is 3. The van der Waals surface area contributed by atoms with E-state index in [9.17, 15) is 4.79 Å². The van der Waals surface area contributed by atoms with E-state index in [0.29, 0.717) is 18.1 Å². The van der Waals surface area contributed by atoms with Crippen molar-refractivity contribution in [3.05, 3.63) is 58.7 Å². The Hall–Kier alpha value is -2.49. The number of carbonyl (C=O) groups is 1. The molecule has 140 valence electrons. The van der Waals surface area contributed by atoms with E-state index >= 15 is 0 Å². The van der Waals surface area contributed by atoms with Crippen molar-refractivity contribution in [2.24, 2.45) is 0 Å². The molecule has 0 aliphatic carbocycles. The van der Waals surface area contributed by atoms with Crippen molar-refractivity contribution in [3.63, 3.8) is 0 Å². The lowest BCUT2D eigenvalue weighted by Crippen LogP contribution is -2.27. The lowest BCUT2D eigenvalue weighted by molar-refractivity contribution is 0.0940. The molecule has 0 aliphatic heterocycles. The third kappa shape index (κ3) is 4.57. The molecular formula is C22H29NO3. The van der Waals surface area contributed by atoms with Gasteiger partial charge in [-0.15, -0.1) is 0 Å². The molecule has 1 unspecified atom stereocenters. The first-order valence-electron chi connectivity index (χ1n) is 9.09. The van der Waals surface area contributed by atoms with Crippen LogP contribution in [0.5, 0.6) is 11.5 Å². The molecule has 0 radical (unpaired) electrons. The number of rotatable bonds is 7. The minimum Gasteiger partial charge on any atom is -0.496 e. The second-order valence-electron chi connectivity index (χ2n) is 6.76. The number of amides is 1. The summed E-state index contributed by atoms with van der Waals surface area (Å²) in [7, 11) is 1.69. The zero-order chi connectivity index (χ0) is 19.3. The molecule has 2 aromatic carbocycles. The standard InChI is InChI=1S/C22H29NO3/c1-7-26-18-10-8-17(9-11-18)22(24)23-16(5)20-13-19(14(2)3)21(25-6)12-15(20)4/h8-14,16H,7H2,1-6H3,(H,23,24). The van der Waals surface area contributed by atoms with Crippen LogP contribution in [0.1, 0.15) is 66.7 Å². The second kappa shape index (κ2) is 8.75. The molecule has 0 saturated heterocycles. The van der Waals surface area contributed by atoms with Crippen LogP contribution in [0.2, 0.25) is 0 Å². The van der Waals surface area contributed by atoms with Crippen molar-refractivity contribution in [2.45, 2.75) is 46.6 Å². The molecular weight excluding hydrogens is 326 g/mol. The SMILES string of the molecule is CCOc1ccc(C(=O)NC(C)c2cc(C(C)C)c(OC)cc2C)cc1.